The molecule has 7 nitrogen and oxygen atoms in total. The zero-order valence-electron chi connectivity index (χ0n) is 11.5. The zero-order valence-corrected chi connectivity index (χ0v) is 13.1. The molecule has 2 heterocycles. The van der Waals surface area contributed by atoms with Gasteiger partial charge in [0.2, 0.25) is 10.0 Å². The maximum atomic E-state index is 12.0. The highest BCUT2D eigenvalue weighted by molar-refractivity contribution is 7.89. The number of amides is 1. The third-order valence-electron chi connectivity index (χ3n) is 3.41. The second kappa shape index (κ2) is 6.15. The van der Waals surface area contributed by atoms with Gasteiger partial charge < -0.3 is 5.32 Å². The van der Waals surface area contributed by atoms with E-state index in [9.17, 15) is 13.2 Å². The first-order valence-corrected chi connectivity index (χ1v) is 8.90. The summed E-state index contributed by atoms with van der Waals surface area (Å²) in [6.07, 6.45) is 1.27. The number of carbonyl (C=O) groups is 1. The lowest BCUT2D eigenvalue weighted by molar-refractivity contribution is 0.0927. The van der Waals surface area contributed by atoms with Gasteiger partial charge in [-0.25, -0.2) is 12.7 Å². The number of carbonyl (C=O) groups excluding carboxylic acids is 1. The summed E-state index contributed by atoms with van der Waals surface area (Å²) in [5.74, 6) is -0.0512. The van der Waals surface area contributed by atoms with Crippen LogP contribution in [-0.2, 0) is 10.0 Å². The van der Waals surface area contributed by atoms with Gasteiger partial charge in [0.15, 0.2) is 0 Å². The Bertz CT molecular complexity index is 576. The molecule has 1 aromatic heterocycles. The number of sulfonamides is 1. The van der Waals surface area contributed by atoms with E-state index in [1.807, 2.05) is 0 Å². The third kappa shape index (κ3) is 3.33. The number of aromatic nitrogens is 2. The molecule has 2 rings (SSSR count). The van der Waals surface area contributed by atoms with Gasteiger partial charge in [-0.3, -0.25) is 4.79 Å². The molecule has 9 heteroatoms. The molecule has 0 unspecified atom stereocenters. The fourth-order valence-corrected chi connectivity index (χ4v) is 3.84. The normalized spacial score (nSPS) is 18.1. The minimum absolute atomic E-state index is 0.00676. The largest absolute Gasteiger partial charge is 0.348 e. The van der Waals surface area contributed by atoms with E-state index in [0.717, 1.165) is 11.5 Å². The van der Waals surface area contributed by atoms with Crippen LogP contribution >= 0.6 is 11.5 Å². The van der Waals surface area contributed by atoms with Crippen molar-refractivity contribution in [1.82, 2.24) is 19.2 Å². The first-order valence-electron chi connectivity index (χ1n) is 6.51. The summed E-state index contributed by atoms with van der Waals surface area (Å²) in [6, 6.07) is 0.00676. The number of rotatable bonds is 4. The Labute approximate surface area is 122 Å². The van der Waals surface area contributed by atoms with Crippen molar-refractivity contribution in [3.63, 3.8) is 0 Å². The van der Waals surface area contributed by atoms with Gasteiger partial charge in [0.1, 0.15) is 4.88 Å². The molecule has 1 N–H and O–H groups in total. The van der Waals surface area contributed by atoms with Gasteiger partial charge >= 0.3 is 0 Å². The van der Waals surface area contributed by atoms with E-state index in [2.05, 4.69) is 14.9 Å². The van der Waals surface area contributed by atoms with Crippen molar-refractivity contribution in [1.29, 1.82) is 0 Å². The molecule has 0 aliphatic carbocycles. The van der Waals surface area contributed by atoms with Gasteiger partial charge in [0.25, 0.3) is 5.91 Å². The van der Waals surface area contributed by atoms with Crippen molar-refractivity contribution < 1.29 is 13.2 Å². The monoisotopic (exact) mass is 318 g/mol. The second-order valence-corrected chi connectivity index (χ2v) is 7.75. The summed E-state index contributed by atoms with van der Waals surface area (Å²) in [6.45, 7) is 4.31. The standard InChI is InChI=1S/C11H18N4O3S2/c1-3-20(17,18)15-6-4-9(5-7-15)12-11(16)10-8(2)13-14-19-10/h9H,3-7H2,1-2H3,(H,12,16). The van der Waals surface area contributed by atoms with Crippen LogP contribution in [-0.4, -0.2) is 53.1 Å². The predicted molar refractivity (Wildman–Crippen MR) is 76.2 cm³/mol. The van der Waals surface area contributed by atoms with Crippen LogP contribution in [0.3, 0.4) is 0 Å². The minimum atomic E-state index is -3.12. The highest BCUT2D eigenvalue weighted by atomic mass is 32.2. The molecule has 1 aliphatic heterocycles. The number of nitrogens with zero attached hydrogens (tertiary/aromatic N) is 3. The van der Waals surface area contributed by atoms with E-state index in [1.54, 1.807) is 13.8 Å². The Morgan fingerprint density at radius 2 is 2.10 bits per heavy atom. The zero-order chi connectivity index (χ0) is 14.8. The molecule has 1 aromatic rings. The quantitative estimate of drug-likeness (QED) is 0.867. The molecule has 20 heavy (non-hydrogen) atoms. The number of hydrogen-bond acceptors (Lipinski definition) is 6. The van der Waals surface area contributed by atoms with Crippen molar-refractivity contribution >= 4 is 27.5 Å². The Balaban J connectivity index is 1.89. The average molecular weight is 318 g/mol. The lowest BCUT2D eigenvalue weighted by Crippen LogP contribution is -2.46. The second-order valence-electron chi connectivity index (χ2n) is 4.73. The highest BCUT2D eigenvalue weighted by Gasteiger charge is 2.28. The fourth-order valence-electron chi connectivity index (χ4n) is 2.15. The van der Waals surface area contributed by atoms with E-state index in [0.29, 0.717) is 36.5 Å². The molecule has 1 fully saturated rings. The first-order chi connectivity index (χ1) is 9.44. The van der Waals surface area contributed by atoms with Crippen LogP contribution in [0.5, 0.6) is 0 Å². The van der Waals surface area contributed by atoms with Crippen LogP contribution in [0.25, 0.3) is 0 Å². The predicted octanol–water partition coefficient (Wildman–Crippen LogP) is 0.390. The molecule has 1 saturated heterocycles. The fraction of sp³-hybridized carbons (Fsp3) is 0.727. The molecule has 1 amide bonds. The lowest BCUT2D eigenvalue weighted by Gasteiger charge is -2.31. The number of aryl methyl sites for hydroxylation is 1. The van der Waals surface area contributed by atoms with Crippen LogP contribution in [0.15, 0.2) is 0 Å². The van der Waals surface area contributed by atoms with E-state index in [4.69, 9.17) is 0 Å². The maximum absolute atomic E-state index is 12.0. The summed E-state index contributed by atoms with van der Waals surface area (Å²) in [5.41, 5.74) is 0.624. The SMILES string of the molecule is CCS(=O)(=O)N1CCC(NC(=O)c2snnc2C)CC1. The molecule has 0 saturated carbocycles. The van der Waals surface area contributed by atoms with Gasteiger partial charge in [-0.1, -0.05) is 4.49 Å². The average Bonchev–Trinajstić information content (AvgIpc) is 2.85. The van der Waals surface area contributed by atoms with Gasteiger partial charge in [0, 0.05) is 19.1 Å². The lowest BCUT2D eigenvalue weighted by atomic mass is 10.1. The smallest absolute Gasteiger partial charge is 0.265 e. The summed E-state index contributed by atoms with van der Waals surface area (Å²) in [5, 5.41) is 6.73. The van der Waals surface area contributed by atoms with E-state index in [-0.39, 0.29) is 17.7 Å². The molecule has 0 aromatic carbocycles. The summed E-state index contributed by atoms with van der Waals surface area (Å²) < 4.78 is 28.7. The van der Waals surface area contributed by atoms with Crippen LogP contribution in [0.2, 0.25) is 0 Å². The maximum Gasteiger partial charge on any atom is 0.265 e. The van der Waals surface area contributed by atoms with Crippen LogP contribution < -0.4 is 5.32 Å². The molecule has 0 spiro atoms. The van der Waals surface area contributed by atoms with Gasteiger partial charge in [-0.2, -0.15) is 0 Å². The van der Waals surface area contributed by atoms with E-state index in [1.165, 1.54) is 4.31 Å². The molecular weight excluding hydrogens is 300 g/mol. The van der Waals surface area contributed by atoms with Crippen LogP contribution in [0.4, 0.5) is 0 Å². The van der Waals surface area contributed by atoms with E-state index >= 15 is 0 Å². The number of hydrogen-bond donors (Lipinski definition) is 1. The number of piperidine rings is 1. The Morgan fingerprint density at radius 1 is 1.45 bits per heavy atom. The van der Waals surface area contributed by atoms with Crippen molar-refractivity contribution in [2.75, 3.05) is 18.8 Å². The molecule has 0 radical (unpaired) electrons. The summed E-state index contributed by atoms with van der Waals surface area (Å²) >= 11 is 1.08. The summed E-state index contributed by atoms with van der Waals surface area (Å²) in [4.78, 5) is 12.5. The van der Waals surface area contributed by atoms with Gasteiger partial charge in [-0.15, -0.1) is 5.10 Å². The van der Waals surface area contributed by atoms with Gasteiger partial charge in [-0.05, 0) is 38.2 Å². The summed E-state index contributed by atoms with van der Waals surface area (Å²) in [7, 11) is -3.12. The molecule has 0 atom stereocenters. The Kier molecular flexibility index (Phi) is 4.71. The van der Waals surface area contributed by atoms with Gasteiger partial charge in [0.05, 0.1) is 11.4 Å². The van der Waals surface area contributed by atoms with Crippen molar-refractivity contribution in [3.8, 4) is 0 Å². The molecular formula is C11H18N4O3S2. The van der Waals surface area contributed by atoms with Crippen molar-refractivity contribution in [2.24, 2.45) is 0 Å². The van der Waals surface area contributed by atoms with Crippen molar-refractivity contribution in [2.45, 2.75) is 32.7 Å². The van der Waals surface area contributed by atoms with Crippen LogP contribution in [0, 0.1) is 6.92 Å². The first kappa shape index (κ1) is 15.3. The highest BCUT2D eigenvalue weighted by Crippen LogP contribution is 2.16. The number of nitrogens with one attached hydrogen (secondary N) is 1. The van der Waals surface area contributed by atoms with Crippen LogP contribution in [0.1, 0.15) is 35.1 Å². The molecule has 112 valence electrons. The van der Waals surface area contributed by atoms with Crippen molar-refractivity contribution in [3.05, 3.63) is 10.6 Å². The molecule has 0 bridgehead atoms. The minimum Gasteiger partial charge on any atom is -0.348 e. The third-order valence-corrected chi connectivity index (χ3v) is 6.11. The molecule has 1 aliphatic rings. The Morgan fingerprint density at radius 3 is 2.60 bits per heavy atom. The van der Waals surface area contributed by atoms with E-state index < -0.39 is 10.0 Å². The topological polar surface area (TPSA) is 92.3 Å². The Hall–Kier alpha value is -1.06.